The maximum atomic E-state index is 12.6. The van der Waals surface area contributed by atoms with Crippen LogP contribution in [-0.2, 0) is 19.1 Å². The standard InChI is InChI=1S/C23H32O6/c1-20-6-3-16-17(4-8-22(27)11-13(25)2-7-21(16,22)12-24)23(20)9-5-15(20)14-10-18(26)28-19(14)29-23/h12-17,19,25,27H,2-11H2,1H3/t13-,14+,15+,16-,17+,19?,20+,21-,22-,23-/m0/s1. The molecule has 4 saturated carbocycles. The van der Waals surface area contributed by atoms with Gasteiger partial charge >= 0.3 is 5.97 Å². The minimum absolute atomic E-state index is 0.00295. The van der Waals surface area contributed by atoms with E-state index in [0.717, 1.165) is 38.4 Å². The monoisotopic (exact) mass is 404 g/mol. The van der Waals surface area contributed by atoms with Crippen molar-refractivity contribution in [3.8, 4) is 0 Å². The number of ether oxygens (including phenoxy) is 2. The van der Waals surface area contributed by atoms with Gasteiger partial charge < -0.3 is 24.5 Å². The Bertz CT molecular complexity index is 768. The molecule has 4 aliphatic carbocycles. The van der Waals surface area contributed by atoms with E-state index in [1.54, 1.807) is 0 Å². The molecule has 0 spiro atoms. The summed E-state index contributed by atoms with van der Waals surface area (Å²) in [5.74, 6) is 0.684. The summed E-state index contributed by atoms with van der Waals surface area (Å²) >= 11 is 0. The molecule has 2 heterocycles. The predicted octanol–water partition coefficient (Wildman–Crippen LogP) is 2.34. The van der Waals surface area contributed by atoms with Crippen LogP contribution in [0.25, 0.3) is 0 Å². The Morgan fingerprint density at radius 3 is 2.59 bits per heavy atom. The Balaban J connectivity index is 1.43. The van der Waals surface area contributed by atoms with Crippen LogP contribution in [0.4, 0.5) is 0 Å². The molecule has 10 atom stereocenters. The van der Waals surface area contributed by atoms with E-state index in [1.807, 2.05) is 0 Å². The van der Waals surface area contributed by atoms with Crippen LogP contribution in [0.3, 0.4) is 0 Å². The largest absolute Gasteiger partial charge is 0.435 e. The Morgan fingerprint density at radius 1 is 1.03 bits per heavy atom. The van der Waals surface area contributed by atoms with Crippen LogP contribution in [0.1, 0.15) is 71.1 Å². The van der Waals surface area contributed by atoms with Gasteiger partial charge in [0.2, 0.25) is 6.29 Å². The highest BCUT2D eigenvalue weighted by Crippen LogP contribution is 2.74. The van der Waals surface area contributed by atoms with Gasteiger partial charge in [-0.2, -0.15) is 0 Å². The van der Waals surface area contributed by atoms with E-state index in [4.69, 9.17) is 9.47 Å². The van der Waals surface area contributed by atoms with Gasteiger partial charge in [0.25, 0.3) is 0 Å². The molecule has 2 bridgehead atoms. The van der Waals surface area contributed by atoms with E-state index < -0.39 is 23.4 Å². The van der Waals surface area contributed by atoms with Gasteiger partial charge in [-0.05, 0) is 69.1 Å². The number of carbonyl (C=O) groups excluding carboxylic acids is 2. The van der Waals surface area contributed by atoms with Crippen LogP contribution in [0, 0.1) is 34.5 Å². The molecule has 0 amide bonds. The lowest BCUT2D eigenvalue weighted by Crippen LogP contribution is -2.71. The van der Waals surface area contributed by atoms with Crippen molar-refractivity contribution in [3.63, 3.8) is 0 Å². The topological polar surface area (TPSA) is 93.1 Å². The first-order chi connectivity index (χ1) is 13.8. The highest BCUT2D eigenvalue weighted by atomic mass is 16.7. The number of carbonyl (C=O) groups is 2. The van der Waals surface area contributed by atoms with Crippen molar-refractivity contribution in [2.75, 3.05) is 0 Å². The van der Waals surface area contributed by atoms with Crippen LogP contribution < -0.4 is 0 Å². The Kier molecular flexibility index (Phi) is 3.64. The quantitative estimate of drug-likeness (QED) is 0.515. The SMILES string of the molecule is C[C@]12CC[C@H]3[C@@H](CC[C@]4(O)C[C@@H](O)CC[C@]34C=O)[C@@]13CC[C@@H]2[C@H]1CC(=O)OC1O3. The molecule has 2 aliphatic heterocycles. The van der Waals surface area contributed by atoms with Crippen molar-refractivity contribution in [2.45, 2.75) is 94.7 Å². The van der Waals surface area contributed by atoms with E-state index in [0.29, 0.717) is 38.0 Å². The van der Waals surface area contributed by atoms with Crippen LogP contribution in [0.5, 0.6) is 0 Å². The first kappa shape index (κ1) is 18.8. The third kappa shape index (κ3) is 2.00. The number of fused-ring (bicyclic) bond motifs is 5. The number of rotatable bonds is 1. The van der Waals surface area contributed by atoms with E-state index in [9.17, 15) is 19.8 Å². The molecule has 0 aromatic rings. The van der Waals surface area contributed by atoms with Crippen LogP contribution in [-0.4, -0.2) is 46.1 Å². The van der Waals surface area contributed by atoms with Crippen LogP contribution >= 0.6 is 0 Å². The molecule has 6 nitrogen and oxygen atoms in total. The molecule has 0 aromatic carbocycles. The molecular formula is C23H32O6. The maximum absolute atomic E-state index is 12.6. The van der Waals surface area contributed by atoms with Gasteiger partial charge in [-0.1, -0.05) is 6.92 Å². The van der Waals surface area contributed by atoms with Gasteiger partial charge in [0.05, 0.1) is 29.1 Å². The number of esters is 1. The van der Waals surface area contributed by atoms with E-state index in [1.165, 1.54) is 0 Å². The Hall–Kier alpha value is -0.980. The predicted molar refractivity (Wildman–Crippen MR) is 101 cm³/mol. The number of aldehydes is 1. The normalized spacial score (nSPS) is 60.4. The number of hydrogen-bond donors (Lipinski definition) is 2. The molecule has 29 heavy (non-hydrogen) atoms. The summed E-state index contributed by atoms with van der Waals surface area (Å²) in [4.78, 5) is 24.6. The zero-order chi connectivity index (χ0) is 20.2. The number of hydrogen-bond acceptors (Lipinski definition) is 6. The van der Waals surface area contributed by atoms with Crippen LogP contribution in [0.15, 0.2) is 0 Å². The van der Waals surface area contributed by atoms with Crippen molar-refractivity contribution < 1.29 is 29.3 Å². The molecule has 2 saturated heterocycles. The van der Waals surface area contributed by atoms with Gasteiger partial charge in [0, 0.05) is 17.8 Å². The molecule has 6 rings (SSSR count). The average molecular weight is 405 g/mol. The fraction of sp³-hybridized carbons (Fsp3) is 0.913. The van der Waals surface area contributed by atoms with Gasteiger partial charge in [-0.25, -0.2) is 0 Å². The summed E-state index contributed by atoms with van der Waals surface area (Å²) in [5, 5.41) is 21.8. The second-order valence-corrected chi connectivity index (χ2v) is 11.2. The first-order valence-electron chi connectivity index (χ1n) is 11.5. The van der Waals surface area contributed by atoms with E-state index >= 15 is 0 Å². The van der Waals surface area contributed by atoms with Gasteiger partial charge in [-0.3, -0.25) is 4.79 Å². The second-order valence-electron chi connectivity index (χ2n) is 11.2. The van der Waals surface area contributed by atoms with Crippen LogP contribution in [0.2, 0.25) is 0 Å². The molecule has 6 heteroatoms. The Labute approximate surface area is 171 Å². The highest BCUT2D eigenvalue weighted by Gasteiger charge is 2.76. The fourth-order valence-corrected chi connectivity index (χ4v) is 9.33. The minimum Gasteiger partial charge on any atom is -0.435 e. The summed E-state index contributed by atoms with van der Waals surface area (Å²) in [5.41, 5.74) is -2.29. The molecule has 160 valence electrons. The van der Waals surface area contributed by atoms with Crippen molar-refractivity contribution in [3.05, 3.63) is 0 Å². The molecule has 6 fully saturated rings. The lowest BCUT2D eigenvalue weighted by Gasteiger charge is -2.67. The smallest absolute Gasteiger partial charge is 0.308 e. The number of aliphatic hydroxyl groups is 2. The van der Waals surface area contributed by atoms with E-state index in [-0.39, 0.29) is 34.7 Å². The van der Waals surface area contributed by atoms with Crippen molar-refractivity contribution >= 4 is 12.3 Å². The summed E-state index contributed by atoms with van der Waals surface area (Å²) in [7, 11) is 0. The van der Waals surface area contributed by atoms with Gasteiger partial charge in [0.15, 0.2) is 0 Å². The third-order valence-electron chi connectivity index (χ3n) is 10.6. The molecule has 0 aromatic heterocycles. The summed E-state index contributed by atoms with van der Waals surface area (Å²) < 4.78 is 12.4. The third-order valence-corrected chi connectivity index (χ3v) is 10.6. The summed E-state index contributed by atoms with van der Waals surface area (Å²) in [6.07, 6.45) is 7.15. The Morgan fingerprint density at radius 2 is 1.79 bits per heavy atom. The molecule has 6 aliphatic rings. The van der Waals surface area contributed by atoms with Crippen molar-refractivity contribution in [2.24, 2.45) is 34.5 Å². The molecular weight excluding hydrogens is 372 g/mol. The molecule has 2 N–H and O–H groups in total. The maximum Gasteiger partial charge on any atom is 0.308 e. The lowest BCUT2D eigenvalue weighted by atomic mass is 9.41. The fourth-order valence-electron chi connectivity index (χ4n) is 9.33. The van der Waals surface area contributed by atoms with Gasteiger partial charge in [0.1, 0.15) is 6.29 Å². The minimum atomic E-state index is -1.12. The lowest BCUT2D eigenvalue weighted by molar-refractivity contribution is -0.328. The zero-order valence-corrected chi connectivity index (χ0v) is 17.1. The van der Waals surface area contributed by atoms with Gasteiger partial charge in [-0.15, -0.1) is 0 Å². The summed E-state index contributed by atoms with van der Waals surface area (Å²) in [6.45, 7) is 2.35. The highest BCUT2D eigenvalue weighted by molar-refractivity contribution is 5.72. The van der Waals surface area contributed by atoms with Crippen molar-refractivity contribution in [1.82, 2.24) is 0 Å². The summed E-state index contributed by atoms with van der Waals surface area (Å²) in [6, 6.07) is 0. The first-order valence-corrected chi connectivity index (χ1v) is 11.5. The number of aliphatic hydroxyl groups excluding tert-OH is 1. The van der Waals surface area contributed by atoms with E-state index in [2.05, 4.69) is 6.92 Å². The second kappa shape index (κ2) is 5.63. The molecule has 0 radical (unpaired) electrons. The molecule has 1 unspecified atom stereocenters. The van der Waals surface area contributed by atoms with Crippen molar-refractivity contribution in [1.29, 1.82) is 0 Å². The average Bonchev–Trinajstić information content (AvgIpc) is 3.13. The zero-order valence-electron chi connectivity index (χ0n) is 17.1.